The van der Waals surface area contributed by atoms with Gasteiger partial charge in [-0.1, -0.05) is 42.8 Å². The van der Waals surface area contributed by atoms with Crippen molar-refractivity contribution < 1.29 is 14.4 Å². The molecule has 30 heavy (non-hydrogen) atoms. The third-order valence-electron chi connectivity index (χ3n) is 5.11. The van der Waals surface area contributed by atoms with Crippen molar-refractivity contribution in [2.24, 2.45) is 10.3 Å². The summed E-state index contributed by atoms with van der Waals surface area (Å²) in [7, 11) is 0. The molecular weight excluding hydrogens is 406 g/mol. The van der Waals surface area contributed by atoms with E-state index in [0.29, 0.717) is 22.3 Å². The summed E-state index contributed by atoms with van der Waals surface area (Å²) < 4.78 is 0. The monoisotopic (exact) mass is 425 g/mol. The number of amides is 3. The van der Waals surface area contributed by atoms with Crippen LogP contribution in [0.25, 0.3) is 0 Å². The van der Waals surface area contributed by atoms with Gasteiger partial charge in [0.15, 0.2) is 12.1 Å². The molecule has 0 unspecified atom stereocenters. The van der Waals surface area contributed by atoms with Gasteiger partial charge in [-0.25, -0.2) is 4.90 Å². The summed E-state index contributed by atoms with van der Waals surface area (Å²) in [5.74, 6) is -0.915. The number of nitrogens with one attached hydrogen (secondary N) is 1. The smallest absolute Gasteiger partial charge is 0.263 e. The van der Waals surface area contributed by atoms with Crippen molar-refractivity contribution in [1.29, 1.82) is 0 Å². The van der Waals surface area contributed by atoms with E-state index in [0.717, 1.165) is 10.5 Å². The molecule has 154 valence electrons. The first-order valence-corrected chi connectivity index (χ1v) is 9.93. The predicted octanol–water partition coefficient (Wildman–Crippen LogP) is 3.40. The Morgan fingerprint density at radius 3 is 2.37 bits per heavy atom. The third-order valence-corrected chi connectivity index (χ3v) is 5.36. The van der Waals surface area contributed by atoms with Gasteiger partial charge in [-0.05, 0) is 47.9 Å². The molecular formula is C21H20ClN5O3. The van der Waals surface area contributed by atoms with E-state index in [1.807, 2.05) is 12.1 Å². The fourth-order valence-corrected chi connectivity index (χ4v) is 3.62. The molecule has 2 heterocycles. The van der Waals surface area contributed by atoms with Crippen molar-refractivity contribution in [3.63, 3.8) is 0 Å². The minimum atomic E-state index is -0.939. The number of imide groups is 1. The van der Waals surface area contributed by atoms with E-state index in [2.05, 4.69) is 29.5 Å². The molecule has 0 aliphatic carbocycles. The van der Waals surface area contributed by atoms with Crippen LogP contribution in [0.5, 0.6) is 0 Å². The summed E-state index contributed by atoms with van der Waals surface area (Å²) in [6.45, 7) is 3.93. The van der Waals surface area contributed by atoms with Gasteiger partial charge in [0.2, 0.25) is 5.91 Å². The maximum Gasteiger partial charge on any atom is 0.263 e. The summed E-state index contributed by atoms with van der Waals surface area (Å²) in [4.78, 5) is 39.3. The van der Waals surface area contributed by atoms with Crippen LogP contribution in [0, 0.1) is 0 Å². The topological polar surface area (TPSA) is 94.4 Å². The molecule has 8 nitrogen and oxygen atoms in total. The van der Waals surface area contributed by atoms with Crippen molar-refractivity contribution in [2.75, 3.05) is 16.8 Å². The summed E-state index contributed by atoms with van der Waals surface area (Å²) in [5, 5.41) is 12.4. The maximum atomic E-state index is 13.0. The summed E-state index contributed by atoms with van der Waals surface area (Å²) in [5.41, 5.74) is 2.17. The van der Waals surface area contributed by atoms with E-state index in [-0.39, 0.29) is 12.5 Å². The Morgan fingerprint density at radius 2 is 1.73 bits per heavy atom. The second-order valence-corrected chi connectivity index (χ2v) is 7.94. The van der Waals surface area contributed by atoms with Crippen LogP contribution >= 0.6 is 11.6 Å². The first-order valence-electron chi connectivity index (χ1n) is 9.56. The number of rotatable bonds is 5. The molecule has 0 radical (unpaired) electrons. The number of anilines is 2. The van der Waals surface area contributed by atoms with E-state index in [4.69, 9.17) is 11.6 Å². The molecule has 0 aromatic heterocycles. The molecule has 1 fully saturated rings. The van der Waals surface area contributed by atoms with Crippen LogP contribution in [-0.4, -0.2) is 41.4 Å². The number of hydrogen-bond acceptors (Lipinski definition) is 6. The third kappa shape index (κ3) is 3.66. The van der Waals surface area contributed by atoms with Gasteiger partial charge in [-0.15, -0.1) is 0 Å². The Morgan fingerprint density at radius 1 is 1.07 bits per heavy atom. The number of carbonyl (C=O) groups is 3. The number of halogens is 1. The highest BCUT2D eigenvalue weighted by molar-refractivity contribution is 6.30. The van der Waals surface area contributed by atoms with Gasteiger partial charge in [0, 0.05) is 10.7 Å². The fourth-order valence-electron chi connectivity index (χ4n) is 3.50. The SMILES string of the molecule is CC(C)c1ccc(N2C(=O)[C@H]3N=NN(CC(=O)Nc4ccc(Cl)cc4)[C@@H]3C2=O)cc1. The molecule has 0 spiro atoms. The molecule has 1 N–H and O–H groups in total. The lowest BCUT2D eigenvalue weighted by atomic mass is 10.0. The number of fused-ring (bicyclic) bond motifs is 1. The van der Waals surface area contributed by atoms with Crippen LogP contribution in [0.4, 0.5) is 11.4 Å². The van der Waals surface area contributed by atoms with Crippen LogP contribution in [0.1, 0.15) is 25.3 Å². The van der Waals surface area contributed by atoms with Gasteiger partial charge in [0.25, 0.3) is 11.8 Å². The van der Waals surface area contributed by atoms with Crippen molar-refractivity contribution in [2.45, 2.75) is 31.8 Å². The standard InChI is InChI=1S/C21H20ClN5O3/c1-12(2)13-3-9-16(10-4-13)27-20(29)18-19(21(27)30)26(25-24-18)11-17(28)23-15-7-5-14(22)6-8-15/h3-10,12,18-19H,11H2,1-2H3,(H,23,28)/t18-,19-/m0/s1. The van der Waals surface area contributed by atoms with Gasteiger partial charge in [-0.2, -0.15) is 5.11 Å². The Hall–Kier alpha value is -3.26. The molecule has 2 atom stereocenters. The van der Waals surface area contributed by atoms with E-state index >= 15 is 0 Å². The van der Waals surface area contributed by atoms with Gasteiger partial charge in [-0.3, -0.25) is 19.4 Å². The molecule has 0 saturated carbocycles. The van der Waals surface area contributed by atoms with Gasteiger partial charge in [0.1, 0.15) is 6.54 Å². The van der Waals surface area contributed by atoms with Crippen LogP contribution in [-0.2, 0) is 14.4 Å². The van der Waals surface area contributed by atoms with Crippen molar-refractivity contribution in [1.82, 2.24) is 5.01 Å². The molecule has 1 saturated heterocycles. The van der Waals surface area contributed by atoms with Crippen LogP contribution < -0.4 is 10.2 Å². The Balaban J connectivity index is 1.47. The molecule has 9 heteroatoms. The van der Waals surface area contributed by atoms with Crippen molar-refractivity contribution in [3.05, 3.63) is 59.1 Å². The van der Waals surface area contributed by atoms with Gasteiger partial charge in [0.05, 0.1) is 5.69 Å². The quantitative estimate of drug-likeness (QED) is 0.743. The van der Waals surface area contributed by atoms with E-state index < -0.39 is 23.9 Å². The van der Waals surface area contributed by atoms with Crippen LogP contribution in [0.3, 0.4) is 0 Å². The Kier molecular flexibility index (Phi) is 5.26. The lowest BCUT2D eigenvalue weighted by Gasteiger charge is -2.20. The minimum absolute atomic E-state index is 0.202. The number of carbonyl (C=O) groups excluding carboxylic acids is 3. The number of benzene rings is 2. The second-order valence-electron chi connectivity index (χ2n) is 7.51. The average Bonchev–Trinajstić information content (AvgIpc) is 3.23. The van der Waals surface area contributed by atoms with Gasteiger partial charge >= 0.3 is 0 Å². The zero-order valence-corrected chi connectivity index (χ0v) is 17.2. The second kappa shape index (κ2) is 7.87. The highest BCUT2D eigenvalue weighted by Gasteiger charge is 2.55. The molecule has 2 aliphatic rings. The Labute approximate surface area is 178 Å². The van der Waals surface area contributed by atoms with E-state index in [1.54, 1.807) is 36.4 Å². The largest absolute Gasteiger partial charge is 0.324 e. The molecule has 3 amide bonds. The number of hydrogen-bond donors (Lipinski definition) is 1. The molecule has 4 rings (SSSR count). The van der Waals surface area contributed by atoms with E-state index in [1.165, 1.54) is 5.01 Å². The lowest BCUT2D eigenvalue weighted by Crippen LogP contribution is -2.43. The molecule has 0 bridgehead atoms. The molecule has 2 aromatic carbocycles. The van der Waals surface area contributed by atoms with Crippen molar-refractivity contribution >= 4 is 40.7 Å². The zero-order valence-electron chi connectivity index (χ0n) is 16.4. The minimum Gasteiger partial charge on any atom is -0.324 e. The van der Waals surface area contributed by atoms with Crippen LogP contribution in [0.2, 0.25) is 5.02 Å². The fraction of sp³-hybridized carbons (Fsp3) is 0.286. The first-order chi connectivity index (χ1) is 14.3. The highest BCUT2D eigenvalue weighted by atomic mass is 35.5. The van der Waals surface area contributed by atoms with Crippen LogP contribution in [0.15, 0.2) is 58.9 Å². The summed E-state index contributed by atoms with van der Waals surface area (Å²) >= 11 is 5.84. The van der Waals surface area contributed by atoms with E-state index in [9.17, 15) is 14.4 Å². The maximum absolute atomic E-state index is 13.0. The highest BCUT2D eigenvalue weighted by Crippen LogP contribution is 2.32. The Bertz CT molecular complexity index is 1020. The van der Waals surface area contributed by atoms with Gasteiger partial charge < -0.3 is 5.32 Å². The lowest BCUT2D eigenvalue weighted by molar-refractivity contribution is -0.123. The normalized spacial score (nSPS) is 20.3. The average molecular weight is 426 g/mol. The predicted molar refractivity (Wildman–Crippen MR) is 112 cm³/mol. The number of nitrogens with zero attached hydrogens (tertiary/aromatic N) is 4. The first kappa shape index (κ1) is 20.0. The molecule has 2 aromatic rings. The van der Waals surface area contributed by atoms with Crippen molar-refractivity contribution in [3.8, 4) is 0 Å². The molecule has 2 aliphatic heterocycles. The zero-order chi connectivity index (χ0) is 21.4. The summed E-state index contributed by atoms with van der Waals surface area (Å²) in [6.07, 6.45) is 0. The summed E-state index contributed by atoms with van der Waals surface area (Å²) in [6, 6.07) is 12.1.